The van der Waals surface area contributed by atoms with Gasteiger partial charge in [-0.3, -0.25) is 10.1 Å². The summed E-state index contributed by atoms with van der Waals surface area (Å²) in [5.41, 5.74) is 1.06. The van der Waals surface area contributed by atoms with Crippen molar-refractivity contribution in [2.24, 2.45) is 0 Å². The molecule has 1 aromatic carbocycles. The molecular weight excluding hydrogens is 216 g/mol. The number of nitrogens with zero attached hydrogens (tertiary/aromatic N) is 2. The van der Waals surface area contributed by atoms with E-state index in [1.807, 2.05) is 18.0 Å². The third kappa shape index (κ3) is 3.85. The molecule has 4 nitrogen and oxygen atoms in total. The van der Waals surface area contributed by atoms with Crippen LogP contribution >= 0.6 is 11.6 Å². The Hall–Kier alpha value is -1.13. The first-order valence-electron chi connectivity index (χ1n) is 4.61. The Balaban J connectivity index is 2.69. The molecule has 15 heavy (non-hydrogen) atoms. The predicted molar refractivity (Wildman–Crippen MR) is 60.2 cm³/mol. The van der Waals surface area contributed by atoms with Gasteiger partial charge in [-0.2, -0.15) is 0 Å². The monoisotopic (exact) mass is 228 g/mol. The van der Waals surface area contributed by atoms with Crippen LogP contribution in [0.1, 0.15) is 5.56 Å². The van der Waals surface area contributed by atoms with Gasteiger partial charge in [-0.05, 0) is 12.6 Å². The number of benzene rings is 1. The summed E-state index contributed by atoms with van der Waals surface area (Å²) in [4.78, 5) is 12.2. The van der Waals surface area contributed by atoms with Crippen LogP contribution in [0.25, 0.3) is 0 Å². The van der Waals surface area contributed by atoms with Gasteiger partial charge in [-0.25, -0.2) is 0 Å². The molecule has 0 bridgehead atoms. The van der Waals surface area contributed by atoms with Crippen molar-refractivity contribution in [3.63, 3.8) is 0 Å². The average molecular weight is 229 g/mol. The highest BCUT2D eigenvalue weighted by Gasteiger charge is 2.06. The van der Waals surface area contributed by atoms with Crippen LogP contribution in [0.4, 0.5) is 5.69 Å². The predicted octanol–water partition coefficient (Wildman–Crippen LogP) is 2.27. The molecular formula is C10H13ClN2O2. The molecule has 5 heteroatoms. The molecule has 0 N–H and O–H groups in total. The number of non-ortho nitro benzene ring substituents is 1. The zero-order valence-electron chi connectivity index (χ0n) is 8.52. The summed E-state index contributed by atoms with van der Waals surface area (Å²) in [6.45, 7) is 1.44. The molecule has 0 amide bonds. The van der Waals surface area contributed by atoms with Crippen LogP contribution < -0.4 is 0 Å². The van der Waals surface area contributed by atoms with E-state index in [0.29, 0.717) is 12.4 Å². The van der Waals surface area contributed by atoms with Crippen LogP contribution in [0.3, 0.4) is 0 Å². The number of hydrogen-bond acceptors (Lipinski definition) is 3. The van der Waals surface area contributed by atoms with Gasteiger partial charge < -0.3 is 4.90 Å². The van der Waals surface area contributed by atoms with Gasteiger partial charge in [0.25, 0.3) is 5.69 Å². The van der Waals surface area contributed by atoms with Crippen molar-refractivity contribution >= 4 is 17.3 Å². The molecule has 0 unspecified atom stereocenters. The lowest BCUT2D eigenvalue weighted by Gasteiger charge is -2.14. The third-order valence-electron chi connectivity index (χ3n) is 2.04. The average Bonchev–Trinajstić information content (AvgIpc) is 2.18. The van der Waals surface area contributed by atoms with Crippen LogP contribution in [0.15, 0.2) is 24.3 Å². The summed E-state index contributed by atoms with van der Waals surface area (Å²) in [7, 11) is 1.93. The Morgan fingerprint density at radius 2 is 2.27 bits per heavy atom. The van der Waals surface area contributed by atoms with E-state index >= 15 is 0 Å². The van der Waals surface area contributed by atoms with Gasteiger partial charge in [0.15, 0.2) is 0 Å². The van der Waals surface area contributed by atoms with Gasteiger partial charge in [0, 0.05) is 31.1 Å². The molecule has 0 saturated heterocycles. The van der Waals surface area contributed by atoms with Crippen LogP contribution in [0, 0.1) is 10.1 Å². The summed E-state index contributed by atoms with van der Waals surface area (Å²) < 4.78 is 0. The fourth-order valence-corrected chi connectivity index (χ4v) is 1.59. The highest BCUT2D eigenvalue weighted by atomic mass is 35.5. The van der Waals surface area contributed by atoms with Gasteiger partial charge in [0.1, 0.15) is 0 Å². The number of nitro benzene ring substituents is 1. The number of nitro groups is 1. The number of alkyl halides is 1. The van der Waals surface area contributed by atoms with E-state index in [9.17, 15) is 10.1 Å². The van der Waals surface area contributed by atoms with E-state index < -0.39 is 0 Å². The lowest BCUT2D eigenvalue weighted by molar-refractivity contribution is -0.384. The second kappa shape index (κ2) is 5.68. The zero-order valence-corrected chi connectivity index (χ0v) is 9.28. The van der Waals surface area contributed by atoms with Crippen molar-refractivity contribution in [3.8, 4) is 0 Å². The minimum Gasteiger partial charge on any atom is -0.301 e. The van der Waals surface area contributed by atoms with Gasteiger partial charge in [-0.15, -0.1) is 11.6 Å². The van der Waals surface area contributed by atoms with E-state index in [1.54, 1.807) is 12.1 Å². The number of hydrogen-bond donors (Lipinski definition) is 0. The zero-order chi connectivity index (χ0) is 11.3. The molecule has 1 rings (SSSR count). The molecule has 0 aliphatic rings. The standard InChI is InChI=1S/C10H13ClN2O2/c1-12(6-5-11)8-9-3-2-4-10(7-9)13(14)15/h2-4,7H,5-6,8H2,1H3. The van der Waals surface area contributed by atoms with E-state index in [4.69, 9.17) is 11.6 Å². The quantitative estimate of drug-likeness (QED) is 0.441. The van der Waals surface area contributed by atoms with Gasteiger partial charge in [0.05, 0.1) is 4.92 Å². The Kier molecular flexibility index (Phi) is 4.52. The topological polar surface area (TPSA) is 46.4 Å². The molecule has 0 aliphatic carbocycles. The van der Waals surface area contributed by atoms with Gasteiger partial charge >= 0.3 is 0 Å². The maximum Gasteiger partial charge on any atom is 0.269 e. The van der Waals surface area contributed by atoms with Crippen molar-refractivity contribution in [3.05, 3.63) is 39.9 Å². The van der Waals surface area contributed by atoms with Crippen molar-refractivity contribution in [1.82, 2.24) is 4.90 Å². The Morgan fingerprint density at radius 3 is 2.87 bits per heavy atom. The number of rotatable bonds is 5. The van der Waals surface area contributed by atoms with Crippen LogP contribution in [0.2, 0.25) is 0 Å². The summed E-state index contributed by atoms with van der Waals surface area (Å²) in [5, 5.41) is 10.5. The van der Waals surface area contributed by atoms with E-state index in [-0.39, 0.29) is 10.6 Å². The smallest absolute Gasteiger partial charge is 0.269 e. The minimum atomic E-state index is -0.384. The summed E-state index contributed by atoms with van der Waals surface area (Å²) in [6.07, 6.45) is 0. The van der Waals surface area contributed by atoms with Crippen molar-refractivity contribution < 1.29 is 4.92 Å². The van der Waals surface area contributed by atoms with Gasteiger partial charge in [-0.1, -0.05) is 12.1 Å². The summed E-state index contributed by atoms with van der Waals surface area (Å²) in [5.74, 6) is 0.561. The maximum atomic E-state index is 10.5. The molecule has 0 aromatic heterocycles. The first kappa shape index (κ1) is 11.9. The van der Waals surface area contributed by atoms with E-state index in [2.05, 4.69) is 0 Å². The molecule has 0 aliphatic heterocycles. The molecule has 0 spiro atoms. The lowest BCUT2D eigenvalue weighted by atomic mass is 10.2. The maximum absolute atomic E-state index is 10.5. The molecule has 0 radical (unpaired) electrons. The molecule has 82 valence electrons. The van der Waals surface area contributed by atoms with E-state index in [0.717, 1.165) is 12.1 Å². The molecule has 0 fully saturated rings. The Morgan fingerprint density at radius 1 is 1.53 bits per heavy atom. The van der Waals surface area contributed by atoms with Crippen LogP contribution in [-0.4, -0.2) is 29.3 Å². The Bertz CT molecular complexity index is 344. The summed E-state index contributed by atoms with van der Waals surface area (Å²) >= 11 is 5.59. The third-order valence-corrected chi connectivity index (χ3v) is 2.21. The van der Waals surface area contributed by atoms with Crippen LogP contribution in [-0.2, 0) is 6.54 Å². The normalized spacial score (nSPS) is 10.6. The first-order valence-corrected chi connectivity index (χ1v) is 5.15. The van der Waals surface area contributed by atoms with Crippen molar-refractivity contribution in [2.75, 3.05) is 19.5 Å². The van der Waals surface area contributed by atoms with E-state index in [1.165, 1.54) is 6.07 Å². The lowest BCUT2D eigenvalue weighted by Crippen LogP contribution is -2.19. The summed E-state index contributed by atoms with van der Waals surface area (Å²) in [6, 6.07) is 6.65. The number of halogens is 1. The van der Waals surface area contributed by atoms with Crippen LogP contribution in [0.5, 0.6) is 0 Å². The molecule has 1 aromatic rings. The SMILES string of the molecule is CN(CCCl)Cc1cccc([N+](=O)[O-])c1. The Labute approximate surface area is 93.6 Å². The molecule has 0 saturated carbocycles. The fraction of sp³-hybridized carbons (Fsp3) is 0.400. The first-order chi connectivity index (χ1) is 7.13. The molecule has 0 heterocycles. The second-order valence-electron chi connectivity index (χ2n) is 3.35. The minimum absolute atomic E-state index is 0.131. The highest BCUT2D eigenvalue weighted by Crippen LogP contribution is 2.14. The molecule has 0 atom stereocenters. The van der Waals surface area contributed by atoms with Crippen molar-refractivity contribution in [2.45, 2.75) is 6.54 Å². The highest BCUT2D eigenvalue weighted by molar-refractivity contribution is 6.18. The largest absolute Gasteiger partial charge is 0.301 e. The van der Waals surface area contributed by atoms with Crippen molar-refractivity contribution in [1.29, 1.82) is 0 Å². The van der Waals surface area contributed by atoms with Gasteiger partial charge in [0.2, 0.25) is 0 Å². The fourth-order valence-electron chi connectivity index (χ4n) is 1.30. The second-order valence-corrected chi connectivity index (χ2v) is 3.73.